The van der Waals surface area contributed by atoms with Crippen molar-refractivity contribution in [2.45, 2.75) is 50.1 Å². The van der Waals surface area contributed by atoms with Gasteiger partial charge < -0.3 is 80.2 Å². The molecule has 0 saturated heterocycles. The van der Waals surface area contributed by atoms with Crippen LogP contribution in [0.3, 0.4) is 0 Å². The quantitative estimate of drug-likeness (QED) is 0.0401. The number of carbonyl (C=O) groups is 12. The van der Waals surface area contributed by atoms with E-state index in [4.69, 9.17) is 61.3 Å². The summed E-state index contributed by atoms with van der Waals surface area (Å²) in [4.78, 5) is 121. The van der Waals surface area contributed by atoms with Gasteiger partial charge in [-0.15, -0.1) is 0 Å². The topological polar surface area (TPSA) is 485 Å². The molecule has 0 aliphatic heterocycles. The maximum atomic E-state index is 10.3. The van der Waals surface area contributed by atoms with E-state index in [2.05, 4.69) is 18.9 Å². The summed E-state index contributed by atoms with van der Waals surface area (Å²) < 4.78 is 17.2. The third kappa shape index (κ3) is 53.6. The average molecular weight is 864 g/mol. The molecule has 0 saturated carbocycles. The van der Waals surface area contributed by atoms with Crippen LogP contribution in [0.25, 0.3) is 0 Å². The molecule has 0 aliphatic rings. The van der Waals surface area contributed by atoms with Crippen molar-refractivity contribution < 1.29 is 138 Å². The zero-order valence-electron chi connectivity index (χ0n) is 25.9. The van der Waals surface area contributed by atoms with E-state index < -0.39 is 148 Å². The molecular formula is C24H36Na4O28. The maximum absolute atomic E-state index is 10.3. The fourth-order valence-electron chi connectivity index (χ4n) is 2.19. The van der Waals surface area contributed by atoms with Crippen molar-refractivity contribution >= 4 is 190 Å². The Hall–Kier alpha value is -2.52. The predicted molar refractivity (Wildman–Crippen MR) is 178 cm³/mol. The van der Waals surface area contributed by atoms with Gasteiger partial charge >= 0.3 is 190 Å². The van der Waals surface area contributed by atoms with Crippen LogP contribution >= 0.6 is 0 Å². The van der Waals surface area contributed by atoms with Crippen LogP contribution in [0.4, 0.5) is 0 Å². The summed E-state index contributed by atoms with van der Waals surface area (Å²) in [6, 6.07) is 0. The van der Waals surface area contributed by atoms with Crippen molar-refractivity contribution in [1.82, 2.24) is 0 Å². The first-order chi connectivity index (χ1) is 23.7. The van der Waals surface area contributed by atoms with E-state index in [1.54, 1.807) is 0 Å². The summed E-state index contributed by atoms with van der Waals surface area (Å²) in [6.07, 6.45) is -9.51. The van der Waals surface area contributed by atoms with Gasteiger partial charge in [-0.1, -0.05) is 0 Å². The van der Waals surface area contributed by atoms with Crippen molar-refractivity contribution in [2.75, 3.05) is 26.4 Å². The Labute approximate surface area is 400 Å². The van der Waals surface area contributed by atoms with Gasteiger partial charge in [-0.25, -0.2) is 38.4 Å². The summed E-state index contributed by atoms with van der Waals surface area (Å²) in [6.45, 7) is -3.32. The summed E-state index contributed by atoms with van der Waals surface area (Å²) in [5.41, 5.74) is 0. The number of rotatable bonds is 24. The molecule has 28 nitrogen and oxygen atoms in total. The predicted octanol–water partition coefficient (Wildman–Crippen LogP) is -6.53. The Balaban J connectivity index is -0.0000000893. The van der Waals surface area contributed by atoms with Crippen LogP contribution in [0, 0.1) is 0 Å². The standard InChI is InChI=1S/4C6H8O7.4Na.4H/c4*7-4(8)1-3(6(11)12)13-2-5(9)10;;;;;;;;/h4*3H,1-2H2,(H,7,8)(H,9,10)(H,11,12);;;;;;;;. The second-order valence-corrected chi connectivity index (χ2v) is 8.52. The molecule has 4 unspecified atom stereocenters. The van der Waals surface area contributed by atoms with Gasteiger partial charge in [0.2, 0.25) is 0 Å². The minimum absolute atomic E-state index is 0. The van der Waals surface area contributed by atoms with E-state index in [9.17, 15) is 57.5 Å². The Bertz CT molecular complexity index is 1100. The molecule has 0 amide bonds. The van der Waals surface area contributed by atoms with Crippen molar-refractivity contribution in [3.63, 3.8) is 0 Å². The molecular weight excluding hydrogens is 828 g/mol. The molecule has 0 aromatic carbocycles. The monoisotopic (exact) mass is 864 g/mol. The van der Waals surface area contributed by atoms with E-state index in [0.717, 1.165) is 0 Å². The van der Waals surface area contributed by atoms with E-state index in [1.807, 2.05) is 0 Å². The average Bonchev–Trinajstić information content (AvgIpc) is 2.97. The van der Waals surface area contributed by atoms with Crippen LogP contribution in [0.5, 0.6) is 0 Å². The first kappa shape index (κ1) is 71.2. The van der Waals surface area contributed by atoms with Gasteiger partial charge in [0.25, 0.3) is 0 Å². The second kappa shape index (κ2) is 42.1. The van der Waals surface area contributed by atoms with Crippen LogP contribution in [-0.2, 0) is 76.5 Å². The fourth-order valence-corrected chi connectivity index (χ4v) is 2.19. The molecule has 0 aromatic rings. The Morgan fingerprint density at radius 3 is 0.464 bits per heavy atom. The molecule has 304 valence electrons. The minimum atomic E-state index is -1.62. The molecule has 0 aromatic heterocycles. The van der Waals surface area contributed by atoms with Crippen molar-refractivity contribution in [3.8, 4) is 0 Å². The SMILES string of the molecule is O=C(O)COC(CC(=O)O)C(=O)O.O=C(O)COC(CC(=O)O)C(=O)O.O=C(O)COC(CC(=O)O)C(=O)O.O=C(O)COC(CC(=O)O)C(=O)O.[NaH].[NaH].[NaH].[NaH]. The zero-order valence-corrected chi connectivity index (χ0v) is 25.9. The molecule has 0 rings (SSSR count). The Kier molecular flexibility index (Phi) is 53.5. The van der Waals surface area contributed by atoms with Crippen molar-refractivity contribution in [3.05, 3.63) is 0 Å². The third-order valence-electron chi connectivity index (χ3n) is 4.17. The molecule has 0 spiro atoms. The van der Waals surface area contributed by atoms with E-state index in [-0.39, 0.29) is 118 Å². The number of aliphatic carboxylic acids is 12. The molecule has 0 radical (unpaired) electrons. The number of carboxylic acids is 12. The summed E-state index contributed by atoms with van der Waals surface area (Å²) in [7, 11) is 0. The fraction of sp³-hybridized carbons (Fsp3) is 0.500. The first-order valence-electron chi connectivity index (χ1n) is 12.8. The van der Waals surface area contributed by atoms with Gasteiger partial charge in [-0.3, -0.25) is 19.2 Å². The van der Waals surface area contributed by atoms with Gasteiger partial charge in [0.15, 0.2) is 24.4 Å². The molecule has 4 atom stereocenters. The second-order valence-electron chi connectivity index (χ2n) is 8.52. The molecule has 56 heavy (non-hydrogen) atoms. The summed E-state index contributed by atoms with van der Waals surface area (Å²) in [5.74, 6) is -16.8. The molecule has 0 aliphatic carbocycles. The molecule has 0 fully saturated rings. The first-order valence-corrected chi connectivity index (χ1v) is 12.8. The summed E-state index contributed by atoms with van der Waals surface area (Å²) >= 11 is 0. The molecule has 0 heterocycles. The van der Waals surface area contributed by atoms with Crippen molar-refractivity contribution in [1.29, 1.82) is 0 Å². The van der Waals surface area contributed by atoms with Gasteiger partial charge in [0.05, 0.1) is 25.7 Å². The van der Waals surface area contributed by atoms with E-state index in [1.165, 1.54) is 0 Å². The van der Waals surface area contributed by atoms with Gasteiger partial charge in [-0.05, 0) is 0 Å². The Morgan fingerprint density at radius 2 is 0.393 bits per heavy atom. The van der Waals surface area contributed by atoms with Crippen LogP contribution < -0.4 is 0 Å². The van der Waals surface area contributed by atoms with E-state index >= 15 is 0 Å². The molecule has 12 N–H and O–H groups in total. The van der Waals surface area contributed by atoms with E-state index in [0.29, 0.717) is 0 Å². The molecule has 0 bridgehead atoms. The zero-order chi connectivity index (χ0) is 41.7. The molecule has 32 heteroatoms. The van der Waals surface area contributed by atoms with Crippen LogP contribution in [0.2, 0.25) is 0 Å². The van der Waals surface area contributed by atoms with Crippen molar-refractivity contribution in [2.24, 2.45) is 0 Å². The third-order valence-corrected chi connectivity index (χ3v) is 4.17. The van der Waals surface area contributed by atoms with Gasteiger partial charge in [-0.2, -0.15) is 0 Å². The normalized spacial score (nSPS) is 11.1. The van der Waals surface area contributed by atoms with Crippen LogP contribution in [0.15, 0.2) is 0 Å². The van der Waals surface area contributed by atoms with Crippen LogP contribution in [-0.4, -0.2) is 302 Å². The van der Waals surface area contributed by atoms with Gasteiger partial charge in [0, 0.05) is 0 Å². The number of hydrogen-bond acceptors (Lipinski definition) is 16. The number of hydrogen-bond donors (Lipinski definition) is 12. The Morgan fingerprint density at radius 1 is 0.268 bits per heavy atom. The summed E-state index contributed by atoms with van der Waals surface area (Å²) in [5, 5.41) is 98.7. The number of ether oxygens (including phenoxy) is 4. The number of carboxylic acid groups (broad SMARTS) is 12. The van der Waals surface area contributed by atoms with Gasteiger partial charge in [0.1, 0.15) is 26.4 Å². The van der Waals surface area contributed by atoms with Crippen LogP contribution in [0.1, 0.15) is 25.7 Å².